The van der Waals surface area contributed by atoms with Crippen LogP contribution in [0.2, 0.25) is 0 Å². The molecule has 0 aliphatic heterocycles. The molecule has 0 fully saturated rings. The number of hydrogen-bond acceptors (Lipinski definition) is 6. The summed E-state index contributed by atoms with van der Waals surface area (Å²) in [5, 5.41) is 2.14. The van der Waals surface area contributed by atoms with E-state index in [4.69, 9.17) is 0 Å². The van der Waals surface area contributed by atoms with Crippen molar-refractivity contribution < 1.29 is 18.0 Å². The lowest BCUT2D eigenvalue weighted by Crippen LogP contribution is -2.29. The third kappa shape index (κ3) is 5.79. The van der Waals surface area contributed by atoms with E-state index in [1.54, 1.807) is 38.0 Å². The second-order valence-electron chi connectivity index (χ2n) is 4.71. The van der Waals surface area contributed by atoms with Crippen LogP contribution in [0.4, 0.5) is 25.1 Å². The lowest BCUT2D eigenvalue weighted by Gasteiger charge is -2.16. The minimum Gasteiger partial charge on any atom is -0.349 e. The molecule has 21 heavy (non-hydrogen) atoms. The van der Waals surface area contributed by atoms with E-state index in [1.807, 2.05) is 0 Å². The van der Waals surface area contributed by atoms with E-state index in [1.165, 1.54) is 0 Å². The number of anilines is 2. The Morgan fingerprint density at radius 1 is 1.05 bits per heavy atom. The van der Waals surface area contributed by atoms with E-state index in [2.05, 4.69) is 20.3 Å². The zero-order chi connectivity index (χ0) is 16.2. The summed E-state index contributed by atoms with van der Waals surface area (Å²) in [5.41, 5.74) is 0. The quantitative estimate of drug-likeness (QED) is 0.857. The van der Waals surface area contributed by atoms with Crippen LogP contribution in [0.5, 0.6) is 0 Å². The summed E-state index contributed by atoms with van der Waals surface area (Å²) in [6.45, 7) is -0.195. The van der Waals surface area contributed by atoms with Gasteiger partial charge in [-0.25, -0.2) is 0 Å². The molecular formula is C11H17F3N6O. The maximum absolute atomic E-state index is 12.1. The molecule has 0 unspecified atom stereocenters. The highest BCUT2D eigenvalue weighted by molar-refractivity contribution is 5.76. The Kier molecular flexibility index (Phi) is 5.28. The molecule has 1 rings (SSSR count). The van der Waals surface area contributed by atoms with Crippen LogP contribution in [0.3, 0.4) is 0 Å². The molecule has 0 radical (unpaired) electrons. The van der Waals surface area contributed by atoms with E-state index in [-0.39, 0.29) is 12.4 Å². The fourth-order valence-electron chi connectivity index (χ4n) is 1.30. The highest BCUT2D eigenvalue weighted by atomic mass is 19.4. The van der Waals surface area contributed by atoms with Crippen LogP contribution in [0.1, 0.15) is 12.2 Å². The van der Waals surface area contributed by atoms with Gasteiger partial charge in [-0.15, -0.1) is 0 Å². The molecule has 0 bridgehead atoms. The zero-order valence-electron chi connectivity index (χ0n) is 12.2. The van der Waals surface area contributed by atoms with Gasteiger partial charge in [-0.05, 0) is 0 Å². The Labute approximate surface area is 120 Å². The number of carbonyl (C=O) groups is 1. The molecule has 0 atom stereocenters. The van der Waals surface area contributed by atoms with Gasteiger partial charge in [-0.3, -0.25) is 4.79 Å². The number of aromatic nitrogens is 3. The number of alkyl halides is 3. The Bertz CT molecular complexity index is 477. The first-order valence-electron chi connectivity index (χ1n) is 6.01. The summed E-state index contributed by atoms with van der Waals surface area (Å²) in [6, 6.07) is 0. The molecular weight excluding hydrogens is 289 g/mol. The minimum absolute atomic E-state index is 0.188. The van der Waals surface area contributed by atoms with Gasteiger partial charge < -0.3 is 15.1 Å². The van der Waals surface area contributed by atoms with Crippen molar-refractivity contribution >= 4 is 17.8 Å². The average Bonchev–Trinajstić information content (AvgIpc) is 2.33. The first-order valence-corrected chi connectivity index (χ1v) is 6.01. The maximum atomic E-state index is 12.1. The summed E-state index contributed by atoms with van der Waals surface area (Å²) >= 11 is 0. The van der Waals surface area contributed by atoms with Crippen molar-refractivity contribution in [3.8, 4) is 0 Å². The zero-order valence-corrected chi connectivity index (χ0v) is 12.2. The van der Waals surface area contributed by atoms with Gasteiger partial charge in [0.2, 0.25) is 17.8 Å². The smallest absolute Gasteiger partial charge is 0.349 e. The van der Waals surface area contributed by atoms with E-state index in [0.717, 1.165) is 0 Å². The summed E-state index contributed by atoms with van der Waals surface area (Å²) < 4.78 is 36.2. The predicted molar refractivity (Wildman–Crippen MR) is 71.0 cm³/mol. The van der Waals surface area contributed by atoms with E-state index in [9.17, 15) is 18.0 Å². The number of carbonyl (C=O) groups excluding carboxylic acids is 1. The van der Waals surface area contributed by atoms with Crippen LogP contribution in [0.15, 0.2) is 0 Å². The van der Waals surface area contributed by atoms with Crippen LogP contribution < -0.4 is 15.1 Å². The highest BCUT2D eigenvalue weighted by Crippen LogP contribution is 2.19. The van der Waals surface area contributed by atoms with Crippen LogP contribution in [-0.2, 0) is 11.3 Å². The highest BCUT2D eigenvalue weighted by Gasteiger charge is 2.31. The molecule has 118 valence electrons. The molecule has 0 saturated carbocycles. The predicted octanol–water partition coefficient (Wildman–Crippen LogP) is 0.572. The van der Waals surface area contributed by atoms with Crippen molar-refractivity contribution in [1.29, 1.82) is 0 Å². The maximum Gasteiger partial charge on any atom is 0.397 e. The average molecular weight is 306 g/mol. The van der Waals surface area contributed by atoms with Crippen LogP contribution in [0.25, 0.3) is 0 Å². The first-order chi connectivity index (χ1) is 9.58. The topological polar surface area (TPSA) is 74.2 Å². The Balaban J connectivity index is 2.81. The van der Waals surface area contributed by atoms with Crippen molar-refractivity contribution in [1.82, 2.24) is 20.3 Å². The molecule has 10 heteroatoms. The molecule has 1 N–H and O–H groups in total. The number of nitrogens with zero attached hydrogens (tertiary/aromatic N) is 5. The first kappa shape index (κ1) is 16.9. The van der Waals surface area contributed by atoms with Crippen LogP contribution in [0, 0.1) is 0 Å². The van der Waals surface area contributed by atoms with E-state index < -0.39 is 18.5 Å². The van der Waals surface area contributed by atoms with Gasteiger partial charge in [0.25, 0.3) is 0 Å². The van der Waals surface area contributed by atoms with Crippen molar-refractivity contribution in [2.24, 2.45) is 0 Å². The van der Waals surface area contributed by atoms with Gasteiger partial charge in [-0.2, -0.15) is 28.1 Å². The standard InChI is InChI=1S/C11H17F3N6O/c1-19(2)9-16-7(17-10(18-9)20(3)4)6-15-8(21)5-11(12,13)14/h5-6H2,1-4H3,(H,15,21). The SMILES string of the molecule is CN(C)c1nc(CNC(=O)CC(F)(F)F)nc(N(C)C)n1. The summed E-state index contributed by atoms with van der Waals surface area (Å²) in [7, 11) is 6.89. The van der Waals surface area contributed by atoms with Crippen LogP contribution in [-0.4, -0.2) is 55.2 Å². The number of amides is 1. The minimum atomic E-state index is -4.53. The van der Waals surface area contributed by atoms with Gasteiger partial charge in [0.05, 0.1) is 6.54 Å². The van der Waals surface area contributed by atoms with E-state index in [0.29, 0.717) is 11.9 Å². The van der Waals surface area contributed by atoms with E-state index >= 15 is 0 Å². The molecule has 1 aromatic heterocycles. The molecule has 0 aromatic carbocycles. The number of rotatable bonds is 5. The third-order valence-corrected chi connectivity index (χ3v) is 2.26. The summed E-state index contributed by atoms with van der Waals surface area (Å²) in [5.74, 6) is -0.226. The number of hydrogen-bond donors (Lipinski definition) is 1. The molecule has 1 aromatic rings. The third-order valence-electron chi connectivity index (χ3n) is 2.26. The number of nitrogens with one attached hydrogen (secondary N) is 1. The summed E-state index contributed by atoms with van der Waals surface area (Å²) in [4.78, 5) is 26.7. The molecule has 0 aliphatic carbocycles. The van der Waals surface area contributed by atoms with Crippen molar-refractivity contribution in [2.75, 3.05) is 38.0 Å². The molecule has 0 aliphatic rings. The normalized spacial score (nSPS) is 11.2. The van der Waals surface area contributed by atoms with Gasteiger partial charge >= 0.3 is 6.18 Å². The molecule has 0 saturated heterocycles. The molecule has 0 spiro atoms. The largest absolute Gasteiger partial charge is 0.397 e. The number of halogens is 3. The van der Waals surface area contributed by atoms with Crippen molar-refractivity contribution in [3.63, 3.8) is 0 Å². The lowest BCUT2D eigenvalue weighted by molar-refractivity contribution is -0.153. The monoisotopic (exact) mass is 306 g/mol. The Morgan fingerprint density at radius 3 is 1.90 bits per heavy atom. The van der Waals surface area contributed by atoms with Crippen molar-refractivity contribution in [3.05, 3.63) is 5.82 Å². The second-order valence-corrected chi connectivity index (χ2v) is 4.71. The molecule has 1 amide bonds. The van der Waals surface area contributed by atoms with Gasteiger partial charge in [0, 0.05) is 28.2 Å². The fraction of sp³-hybridized carbons (Fsp3) is 0.636. The Hall–Kier alpha value is -2.13. The Morgan fingerprint density at radius 2 is 1.52 bits per heavy atom. The van der Waals surface area contributed by atoms with Gasteiger partial charge in [-0.1, -0.05) is 0 Å². The summed E-state index contributed by atoms with van der Waals surface area (Å²) in [6.07, 6.45) is -6.06. The van der Waals surface area contributed by atoms with Crippen molar-refractivity contribution in [2.45, 2.75) is 19.1 Å². The fourth-order valence-corrected chi connectivity index (χ4v) is 1.30. The van der Waals surface area contributed by atoms with Gasteiger partial charge in [0.15, 0.2) is 5.82 Å². The second kappa shape index (κ2) is 6.55. The van der Waals surface area contributed by atoms with Crippen LogP contribution >= 0.6 is 0 Å². The lowest BCUT2D eigenvalue weighted by atomic mass is 10.4. The van der Waals surface area contributed by atoms with Gasteiger partial charge in [0.1, 0.15) is 6.42 Å². The molecule has 1 heterocycles. The molecule has 7 nitrogen and oxygen atoms in total.